The molecule has 0 bridgehead atoms. The third-order valence-electron chi connectivity index (χ3n) is 2.73. The van der Waals surface area contributed by atoms with Crippen molar-refractivity contribution in [2.45, 2.75) is 60.7 Å². The Hall–Kier alpha value is -0.0800. The lowest BCUT2D eigenvalue weighted by atomic mass is 10.1. The minimum Gasteiger partial charge on any atom is -0.381 e. The molecule has 2 nitrogen and oxygen atoms in total. The van der Waals surface area contributed by atoms with Crippen LogP contribution in [0.2, 0.25) is 0 Å². The second-order valence-electron chi connectivity index (χ2n) is 4.20. The van der Waals surface area contributed by atoms with Crippen LogP contribution in [0.3, 0.4) is 0 Å². The van der Waals surface area contributed by atoms with Crippen LogP contribution in [-0.2, 0) is 9.47 Å². The molecule has 15 heavy (non-hydrogen) atoms. The van der Waals surface area contributed by atoms with Gasteiger partial charge in [-0.05, 0) is 19.8 Å². The molecule has 0 amide bonds. The SMILES string of the molecule is CC.COC(C)C(C)COC(C)C(C)C. The van der Waals surface area contributed by atoms with Crippen molar-refractivity contribution in [1.82, 2.24) is 0 Å². The summed E-state index contributed by atoms with van der Waals surface area (Å²) in [5.41, 5.74) is 0. The monoisotopic (exact) mass is 218 g/mol. The van der Waals surface area contributed by atoms with E-state index in [-0.39, 0.29) is 6.10 Å². The number of methoxy groups -OCH3 is 1. The van der Waals surface area contributed by atoms with Gasteiger partial charge in [0.2, 0.25) is 0 Å². The van der Waals surface area contributed by atoms with Gasteiger partial charge in [0.25, 0.3) is 0 Å². The van der Waals surface area contributed by atoms with Gasteiger partial charge in [-0.25, -0.2) is 0 Å². The summed E-state index contributed by atoms with van der Waals surface area (Å²) in [6, 6.07) is 0. The molecule has 3 atom stereocenters. The minimum atomic E-state index is 0.277. The van der Waals surface area contributed by atoms with Crippen LogP contribution in [0.5, 0.6) is 0 Å². The largest absolute Gasteiger partial charge is 0.381 e. The normalized spacial score (nSPS) is 16.6. The lowest BCUT2D eigenvalue weighted by Gasteiger charge is -2.22. The maximum atomic E-state index is 5.71. The fraction of sp³-hybridized carbons (Fsp3) is 1.00. The lowest BCUT2D eigenvalue weighted by molar-refractivity contribution is -0.0225. The van der Waals surface area contributed by atoms with Gasteiger partial charge in [-0.15, -0.1) is 0 Å². The van der Waals surface area contributed by atoms with Gasteiger partial charge in [-0.3, -0.25) is 0 Å². The average molecular weight is 218 g/mol. The summed E-state index contributed by atoms with van der Waals surface area (Å²) in [6.45, 7) is 15.5. The highest BCUT2D eigenvalue weighted by molar-refractivity contribution is 4.62. The Morgan fingerprint density at radius 2 is 1.33 bits per heavy atom. The topological polar surface area (TPSA) is 18.5 Å². The molecule has 0 aromatic heterocycles. The van der Waals surface area contributed by atoms with E-state index in [9.17, 15) is 0 Å². The highest BCUT2D eigenvalue weighted by Gasteiger charge is 2.14. The molecule has 0 aliphatic rings. The maximum absolute atomic E-state index is 5.71. The van der Waals surface area contributed by atoms with Crippen LogP contribution in [0.25, 0.3) is 0 Å². The summed E-state index contributed by atoms with van der Waals surface area (Å²) in [6.07, 6.45) is 0.617. The van der Waals surface area contributed by atoms with E-state index in [1.807, 2.05) is 13.8 Å². The summed E-state index contributed by atoms with van der Waals surface area (Å²) >= 11 is 0. The Labute approximate surface area is 96.4 Å². The van der Waals surface area contributed by atoms with E-state index in [1.54, 1.807) is 7.11 Å². The standard InChI is InChI=1S/C11H24O2.C2H6/c1-8(2)10(4)13-7-9(3)11(5)12-6;1-2/h8-11H,7H2,1-6H3;1-2H3. The van der Waals surface area contributed by atoms with Gasteiger partial charge in [-0.1, -0.05) is 34.6 Å². The van der Waals surface area contributed by atoms with Crippen LogP contribution >= 0.6 is 0 Å². The summed E-state index contributed by atoms with van der Waals surface area (Å²) in [4.78, 5) is 0. The maximum Gasteiger partial charge on any atom is 0.0590 e. The van der Waals surface area contributed by atoms with Crippen molar-refractivity contribution >= 4 is 0 Å². The summed E-state index contributed by atoms with van der Waals surface area (Å²) in [5.74, 6) is 1.05. The summed E-state index contributed by atoms with van der Waals surface area (Å²) < 4.78 is 10.9. The number of rotatable bonds is 6. The van der Waals surface area contributed by atoms with E-state index in [0.29, 0.717) is 17.9 Å². The van der Waals surface area contributed by atoms with Crippen LogP contribution in [-0.4, -0.2) is 25.9 Å². The van der Waals surface area contributed by atoms with Crippen molar-refractivity contribution in [2.24, 2.45) is 11.8 Å². The number of ether oxygens (including phenoxy) is 2. The Balaban J connectivity index is 0. The molecule has 0 heterocycles. The van der Waals surface area contributed by atoms with Crippen molar-refractivity contribution in [3.05, 3.63) is 0 Å². The molecule has 2 heteroatoms. The van der Waals surface area contributed by atoms with Crippen molar-refractivity contribution in [3.63, 3.8) is 0 Å². The van der Waals surface area contributed by atoms with E-state index < -0.39 is 0 Å². The van der Waals surface area contributed by atoms with E-state index in [4.69, 9.17) is 9.47 Å². The molecule has 0 radical (unpaired) electrons. The summed E-state index contributed by atoms with van der Waals surface area (Å²) in [7, 11) is 1.74. The highest BCUT2D eigenvalue weighted by Crippen LogP contribution is 2.11. The molecular weight excluding hydrogens is 188 g/mol. The molecule has 0 aliphatic carbocycles. The molecule has 0 rings (SSSR count). The molecule has 0 N–H and O–H groups in total. The fourth-order valence-electron chi connectivity index (χ4n) is 0.864. The first-order chi connectivity index (χ1) is 6.99. The number of hydrogen-bond donors (Lipinski definition) is 0. The molecule has 0 aromatic carbocycles. The number of hydrogen-bond acceptors (Lipinski definition) is 2. The van der Waals surface area contributed by atoms with Crippen molar-refractivity contribution in [1.29, 1.82) is 0 Å². The molecule has 0 aromatic rings. The zero-order valence-electron chi connectivity index (χ0n) is 11.8. The zero-order chi connectivity index (χ0) is 12.4. The average Bonchev–Trinajstić information content (AvgIpc) is 2.26. The second kappa shape index (κ2) is 10.4. The lowest BCUT2D eigenvalue weighted by Crippen LogP contribution is -2.25. The van der Waals surface area contributed by atoms with Crippen molar-refractivity contribution in [2.75, 3.05) is 13.7 Å². The van der Waals surface area contributed by atoms with Crippen molar-refractivity contribution < 1.29 is 9.47 Å². The second-order valence-corrected chi connectivity index (χ2v) is 4.20. The molecule has 0 saturated heterocycles. The quantitative estimate of drug-likeness (QED) is 0.676. The van der Waals surface area contributed by atoms with Crippen LogP contribution in [0.4, 0.5) is 0 Å². The smallest absolute Gasteiger partial charge is 0.0590 e. The molecular formula is C13H30O2. The van der Waals surface area contributed by atoms with Crippen LogP contribution < -0.4 is 0 Å². The van der Waals surface area contributed by atoms with Gasteiger partial charge in [0.05, 0.1) is 18.8 Å². The zero-order valence-corrected chi connectivity index (χ0v) is 11.8. The third-order valence-corrected chi connectivity index (χ3v) is 2.73. The third kappa shape index (κ3) is 8.88. The first-order valence-corrected chi connectivity index (χ1v) is 6.13. The van der Waals surface area contributed by atoms with Gasteiger partial charge in [-0.2, -0.15) is 0 Å². The molecule has 0 aliphatic heterocycles. The molecule has 94 valence electrons. The molecule has 0 spiro atoms. The minimum absolute atomic E-state index is 0.277. The first kappa shape index (κ1) is 17.3. The van der Waals surface area contributed by atoms with Crippen molar-refractivity contribution in [3.8, 4) is 0 Å². The van der Waals surface area contributed by atoms with Gasteiger partial charge in [0.1, 0.15) is 0 Å². The Morgan fingerprint density at radius 1 is 0.867 bits per heavy atom. The van der Waals surface area contributed by atoms with E-state index in [2.05, 4.69) is 34.6 Å². The first-order valence-electron chi connectivity index (χ1n) is 6.13. The van der Waals surface area contributed by atoms with Gasteiger partial charge >= 0.3 is 0 Å². The molecule has 0 saturated carbocycles. The van der Waals surface area contributed by atoms with Crippen LogP contribution in [0.15, 0.2) is 0 Å². The van der Waals surface area contributed by atoms with Crippen LogP contribution in [0, 0.1) is 11.8 Å². The van der Waals surface area contributed by atoms with E-state index in [0.717, 1.165) is 6.61 Å². The van der Waals surface area contributed by atoms with Crippen LogP contribution in [0.1, 0.15) is 48.5 Å². The van der Waals surface area contributed by atoms with E-state index >= 15 is 0 Å². The van der Waals surface area contributed by atoms with Gasteiger partial charge < -0.3 is 9.47 Å². The predicted molar refractivity (Wildman–Crippen MR) is 67.2 cm³/mol. The predicted octanol–water partition coefficient (Wildman–Crippen LogP) is 3.74. The van der Waals surface area contributed by atoms with Gasteiger partial charge in [0.15, 0.2) is 0 Å². The Morgan fingerprint density at radius 3 is 1.67 bits per heavy atom. The molecule has 3 unspecified atom stereocenters. The Bertz CT molecular complexity index is 124. The van der Waals surface area contributed by atoms with E-state index in [1.165, 1.54) is 0 Å². The Kier molecular flexibility index (Phi) is 12.1. The van der Waals surface area contributed by atoms with Gasteiger partial charge in [0, 0.05) is 13.0 Å². The highest BCUT2D eigenvalue weighted by atomic mass is 16.5. The molecule has 0 fully saturated rings. The summed E-state index contributed by atoms with van der Waals surface area (Å²) in [5, 5.41) is 0. The fourth-order valence-corrected chi connectivity index (χ4v) is 0.864.